The van der Waals surface area contributed by atoms with Gasteiger partial charge in [0, 0.05) is 23.2 Å². The summed E-state index contributed by atoms with van der Waals surface area (Å²) in [5.41, 5.74) is -0.0734. The molecule has 0 radical (unpaired) electrons. The second kappa shape index (κ2) is 5.33. The Bertz CT molecular complexity index is 682. The molecule has 0 N–H and O–H groups in total. The molecule has 19 heavy (non-hydrogen) atoms. The summed E-state index contributed by atoms with van der Waals surface area (Å²) in [6.07, 6.45) is 0. The normalized spacial score (nSPS) is 9.68. The summed E-state index contributed by atoms with van der Waals surface area (Å²) in [4.78, 5) is 14.1. The van der Waals surface area contributed by atoms with Gasteiger partial charge in [0.05, 0.1) is 4.92 Å². The first-order valence-electron chi connectivity index (χ1n) is 5.09. The molecule has 2 rings (SSSR count). The molecule has 2 aromatic rings. The molecule has 0 aliphatic heterocycles. The average Bonchev–Trinajstić information content (AvgIpc) is 2.38. The molecule has 0 spiro atoms. The molecule has 7 heteroatoms. The van der Waals surface area contributed by atoms with Crippen molar-refractivity contribution in [3.63, 3.8) is 0 Å². The maximum Gasteiger partial charge on any atom is 0.311 e. The van der Waals surface area contributed by atoms with Crippen molar-refractivity contribution in [2.75, 3.05) is 0 Å². The number of aromatic nitrogens is 1. The Morgan fingerprint density at radius 2 is 2.16 bits per heavy atom. The van der Waals surface area contributed by atoms with E-state index in [1.807, 2.05) is 6.07 Å². The molecule has 0 saturated heterocycles. The fourth-order valence-corrected chi connectivity index (χ4v) is 1.53. The van der Waals surface area contributed by atoms with E-state index in [9.17, 15) is 10.1 Å². The molecule has 1 aromatic heterocycles. The molecule has 0 aliphatic rings. The second-order valence-corrected chi connectivity index (χ2v) is 3.88. The van der Waals surface area contributed by atoms with Gasteiger partial charge in [-0.3, -0.25) is 10.1 Å². The van der Waals surface area contributed by atoms with Crippen LogP contribution in [0.4, 0.5) is 5.69 Å². The Morgan fingerprint density at radius 3 is 2.84 bits per heavy atom. The summed E-state index contributed by atoms with van der Waals surface area (Å²) in [6, 6.07) is 10.4. The standard InChI is InChI=1S/C12H6ClN3O3/c13-8-4-5-10(16(17)18)11(6-8)19-12-3-1-2-9(7-14)15-12/h1-6H. The Hall–Kier alpha value is -2.65. The van der Waals surface area contributed by atoms with E-state index >= 15 is 0 Å². The van der Waals surface area contributed by atoms with Crippen LogP contribution in [-0.2, 0) is 0 Å². The van der Waals surface area contributed by atoms with Gasteiger partial charge in [-0.25, -0.2) is 4.98 Å². The van der Waals surface area contributed by atoms with Crippen LogP contribution < -0.4 is 4.74 Å². The summed E-state index contributed by atoms with van der Waals surface area (Å²) in [7, 11) is 0. The van der Waals surface area contributed by atoms with Crippen LogP contribution in [0.2, 0.25) is 5.02 Å². The first-order chi connectivity index (χ1) is 9.10. The van der Waals surface area contributed by atoms with E-state index in [1.165, 1.54) is 30.3 Å². The van der Waals surface area contributed by atoms with Crippen molar-refractivity contribution in [1.82, 2.24) is 4.98 Å². The van der Waals surface area contributed by atoms with Crippen molar-refractivity contribution in [2.45, 2.75) is 0 Å². The Kier molecular flexibility index (Phi) is 3.59. The predicted molar refractivity (Wildman–Crippen MR) is 67.1 cm³/mol. The second-order valence-electron chi connectivity index (χ2n) is 3.44. The molecule has 0 saturated carbocycles. The van der Waals surface area contributed by atoms with Crippen LogP contribution in [0.5, 0.6) is 11.6 Å². The van der Waals surface area contributed by atoms with Crippen molar-refractivity contribution in [2.24, 2.45) is 0 Å². The summed E-state index contributed by atoms with van der Waals surface area (Å²) < 4.78 is 5.31. The highest BCUT2D eigenvalue weighted by Crippen LogP contribution is 2.32. The lowest BCUT2D eigenvalue weighted by Gasteiger charge is -2.05. The van der Waals surface area contributed by atoms with E-state index < -0.39 is 4.92 Å². The van der Waals surface area contributed by atoms with Gasteiger partial charge in [0.1, 0.15) is 11.8 Å². The largest absolute Gasteiger partial charge is 0.432 e. The first kappa shape index (κ1) is 12.8. The van der Waals surface area contributed by atoms with Gasteiger partial charge in [0.25, 0.3) is 0 Å². The zero-order chi connectivity index (χ0) is 13.8. The molecule has 0 aliphatic carbocycles. The number of pyridine rings is 1. The van der Waals surface area contributed by atoms with E-state index in [-0.39, 0.29) is 23.0 Å². The fraction of sp³-hybridized carbons (Fsp3) is 0. The molecular weight excluding hydrogens is 270 g/mol. The Morgan fingerprint density at radius 1 is 1.37 bits per heavy atom. The molecule has 1 aromatic carbocycles. The third-order valence-corrected chi connectivity index (χ3v) is 2.41. The van der Waals surface area contributed by atoms with Gasteiger partial charge >= 0.3 is 5.69 Å². The minimum Gasteiger partial charge on any atom is -0.432 e. The van der Waals surface area contributed by atoms with Crippen molar-refractivity contribution in [3.05, 3.63) is 57.2 Å². The van der Waals surface area contributed by atoms with E-state index in [0.29, 0.717) is 5.02 Å². The number of rotatable bonds is 3. The van der Waals surface area contributed by atoms with Gasteiger partial charge in [-0.2, -0.15) is 5.26 Å². The molecule has 1 heterocycles. The van der Waals surface area contributed by atoms with Gasteiger partial charge in [-0.1, -0.05) is 17.7 Å². The number of hydrogen-bond donors (Lipinski definition) is 0. The van der Waals surface area contributed by atoms with Crippen molar-refractivity contribution in [3.8, 4) is 17.7 Å². The van der Waals surface area contributed by atoms with Crippen LogP contribution in [0.3, 0.4) is 0 Å². The molecule has 94 valence electrons. The smallest absolute Gasteiger partial charge is 0.311 e. The van der Waals surface area contributed by atoms with Crippen LogP contribution >= 0.6 is 11.6 Å². The third kappa shape index (κ3) is 2.97. The summed E-state index contributed by atoms with van der Waals surface area (Å²) in [6.45, 7) is 0. The van der Waals surface area contributed by atoms with E-state index in [4.69, 9.17) is 21.6 Å². The number of nitrogens with zero attached hydrogens (tertiary/aromatic N) is 3. The summed E-state index contributed by atoms with van der Waals surface area (Å²) in [5.74, 6) is 0.0597. The highest BCUT2D eigenvalue weighted by molar-refractivity contribution is 6.30. The predicted octanol–water partition coefficient (Wildman–Crippen LogP) is 3.31. The van der Waals surface area contributed by atoms with Gasteiger partial charge in [0.15, 0.2) is 0 Å². The zero-order valence-electron chi connectivity index (χ0n) is 9.41. The van der Waals surface area contributed by atoms with Gasteiger partial charge in [-0.05, 0) is 12.1 Å². The lowest BCUT2D eigenvalue weighted by molar-refractivity contribution is -0.385. The van der Waals surface area contributed by atoms with Crippen LogP contribution in [0.25, 0.3) is 0 Å². The molecule has 0 bridgehead atoms. The van der Waals surface area contributed by atoms with Crippen LogP contribution in [-0.4, -0.2) is 9.91 Å². The Labute approximate surface area is 113 Å². The molecule has 0 fully saturated rings. The van der Waals surface area contributed by atoms with Crippen molar-refractivity contribution >= 4 is 17.3 Å². The van der Waals surface area contributed by atoms with Crippen LogP contribution in [0.1, 0.15) is 5.69 Å². The van der Waals surface area contributed by atoms with Gasteiger partial charge in [-0.15, -0.1) is 0 Å². The molecule has 6 nitrogen and oxygen atoms in total. The molecular formula is C12H6ClN3O3. The summed E-state index contributed by atoms with van der Waals surface area (Å²) in [5, 5.41) is 19.9. The SMILES string of the molecule is N#Cc1cccc(Oc2cc(Cl)ccc2[N+](=O)[O-])n1. The van der Waals surface area contributed by atoms with E-state index in [0.717, 1.165) is 0 Å². The van der Waals surface area contributed by atoms with Crippen LogP contribution in [0, 0.1) is 21.4 Å². The maximum atomic E-state index is 10.9. The zero-order valence-corrected chi connectivity index (χ0v) is 10.2. The van der Waals surface area contributed by atoms with Crippen molar-refractivity contribution < 1.29 is 9.66 Å². The van der Waals surface area contributed by atoms with E-state index in [2.05, 4.69) is 4.98 Å². The first-order valence-corrected chi connectivity index (χ1v) is 5.47. The highest BCUT2D eigenvalue weighted by atomic mass is 35.5. The maximum absolute atomic E-state index is 10.9. The topological polar surface area (TPSA) is 89.0 Å². The minimum atomic E-state index is -0.584. The average molecular weight is 276 g/mol. The quantitative estimate of drug-likeness (QED) is 0.633. The monoisotopic (exact) mass is 275 g/mol. The number of halogens is 1. The minimum absolute atomic E-state index is 0.0277. The van der Waals surface area contributed by atoms with Crippen LogP contribution in [0.15, 0.2) is 36.4 Å². The Balaban J connectivity index is 2.40. The number of nitro benzene ring substituents is 1. The number of nitriles is 1. The number of benzene rings is 1. The lowest BCUT2D eigenvalue weighted by atomic mass is 10.3. The number of nitro groups is 1. The number of hydrogen-bond acceptors (Lipinski definition) is 5. The van der Waals surface area contributed by atoms with Gasteiger partial charge < -0.3 is 4.74 Å². The summed E-state index contributed by atoms with van der Waals surface area (Å²) >= 11 is 5.77. The molecule has 0 amide bonds. The van der Waals surface area contributed by atoms with Gasteiger partial charge in [0.2, 0.25) is 11.6 Å². The van der Waals surface area contributed by atoms with E-state index in [1.54, 1.807) is 6.07 Å². The molecule has 0 atom stereocenters. The number of ether oxygens (including phenoxy) is 1. The highest BCUT2D eigenvalue weighted by Gasteiger charge is 2.16. The van der Waals surface area contributed by atoms with Crippen molar-refractivity contribution in [1.29, 1.82) is 5.26 Å². The molecule has 0 unspecified atom stereocenters. The third-order valence-electron chi connectivity index (χ3n) is 2.17. The fourth-order valence-electron chi connectivity index (χ4n) is 1.37. The lowest BCUT2D eigenvalue weighted by Crippen LogP contribution is -1.95.